The summed E-state index contributed by atoms with van der Waals surface area (Å²) in [5, 5.41) is 8.83. The van der Waals surface area contributed by atoms with Gasteiger partial charge in [0.1, 0.15) is 11.6 Å². The predicted molar refractivity (Wildman–Crippen MR) is 66.8 cm³/mol. The van der Waals surface area contributed by atoms with Crippen molar-refractivity contribution in [3.05, 3.63) is 40.9 Å². The maximum atomic E-state index is 12.8. The Morgan fingerprint density at radius 3 is 3.06 bits per heavy atom. The van der Waals surface area contributed by atoms with Gasteiger partial charge in [0.2, 0.25) is 0 Å². The third-order valence-electron chi connectivity index (χ3n) is 2.03. The number of nitrogens with one attached hydrogen (secondary N) is 2. The van der Waals surface area contributed by atoms with Crippen molar-refractivity contribution >= 4 is 27.5 Å². The zero-order chi connectivity index (χ0) is 13.0. The van der Waals surface area contributed by atoms with E-state index in [9.17, 15) is 9.18 Å². The summed E-state index contributed by atoms with van der Waals surface area (Å²) in [6, 6.07) is 3.97. The number of carbonyl (C=O) groups is 1. The average Bonchev–Trinajstić information content (AvgIpc) is 2.80. The molecule has 1 aromatic heterocycles. The van der Waals surface area contributed by atoms with Gasteiger partial charge < -0.3 is 10.1 Å². The molecule has 0 bridgehead atoms. The highest BCUT2D eigenvalue weighted by atomic mass is 79.9. The maximum absolute atomic E-state index is 12.8. The van der Waals surface area contributed by atoms with Gasteiger partial charge in [0.25, 0.3) is 5.91 Å². The van der Waals surface area contributed by atoms with Gasteiger partial charge in [0.05, 0.1) is 16.4 Å². The van der Waals surface area contributed by atoms with Crippen LogP contribution in [0.4, 0.5) is 10.1 Å². The second-order valence-electron chi connectivity index (χ2n) is 3.40. The fourth-order valence-electron chi connectivity index (χ4n) is 1.25. The van der Waals surface area contributed by atoms with Crippen molar-refractivity contribution in [2.24, 2.45) is 0 Å². The molecule has 0 saturated heterocycles. The molecule has 1 heterocycles. The standard InChI is InChI=1S/C11H9BrFN3O2/c12-9-3-7(13)1-2-10(9)18-6-11(17)16-8-4-14-15-5-8/h1-5H,6H2,(H,14,15)(H,16,17). The second kappa shape index (κ2) is 5.63. The molecule has 0 aliphatic heterocycles. The van der Waals surface area contributed by atoms with Gasteiger partial charge in [-0.3, -0.25) is 9.89 Å². The molecule has 5 nitrogen and oxygen atoms in total. The van der Waals surface area contributed by atoms with Crippen LogP contribution in [0.15, 0.2) is 35.1 Å². The Bertz CT molecular complexity index is 545. The van der Waals surface area contributed by atoms with Gasteiger partial charge in [0, 0.05) is 6.20 Å². The van der Waals surface area contributed by atoms with E-state index in [4.69, 9.17) is 4.74 Å². The first-order valence-electron chi connectivity index (χ1n) is 5.01. The number of aromatic nitrogens is 2. The van der Waals surface area contributed by atoms with E-state index in [2.05, 4.69) is 31.4 Å². The lowest BCUT2D eigenvalue weighted by Crippen LogP contribution is -2.19. The Balaban J connectivity index is 1.89. The van der Waals surface area contributed by atoms with Crippen LogP contribution in [0.5, 0.6) is 5.75 Å². The van der Waals surface area contributed by atoms with Crippen molar-refractivity contribution in [2.45, 2.75) is 0 Å². The Morgan fingerprint density at radius 2 is 2.39 bits per heavy atom. The number of anilines is 1. The van der Waals surface area contributed by atoms with Crippen LogP contribution >= 0.6 is 15.9 Å². The highest BCUT2D eigenvalue weighted by molar-refractivity contribution is 9.10. The lowest BCUT2D eigenvalue weighted by atomic mass is 10.3. The van der Waals surface area contributed by atoms with Crippen molar-refractivity contribution in [3.63, 3.8) is 0 Å². The zero-order valence-electron chi connectivity index (χ0n) is 9.11. The number of ether oxygens (including phenoxy) is 1. The van der Waals surface area contributed by atoms with Gasteiger partial charge in [0.15, 0.2) is 6.61 Å². The van der Waals surface area contributed by atoms with Crippen LogP contribution in [-0.2, 0) is 4.79 Å². The number of H-pyrrole nitrogens is 1. The molecule has 0 radical (unpaired) electrons. The van der Waals surface area contributed by atoms with Gasteiger partial charge in [-0.05, 0) is 34.1 Å². The fraction of sp³-hybridized carbons (Fsp3) is 0.0909. The monoisotopic (exact) mass is 313 g/mol. The highest BCUT2D eigenvalue weighted by Gasteiger charge is 2.07. The number of nitrogens with zero attached hydrogens (tertiary/aromatic N) is 1. The summed E-state index contributed by atoms with van der Waals surface area (Å²) in [6.45, 7) is -0.171. The number of aromatic amines is 1. The topological polar surface area (TPSA) is 67.0 Å². The first-order valence-corrected chi connectivity index (χ1v) is 5.81. The van der Waals surface area contributed by atoms with Crippen LogP contribution in [0.25, 0.3) is 0 Å². The van der Waals surface area contributed by atoms with E-state index < -0.39 is 0 Å². The maximum Gasteiger partial charge on any atom is 0.262 e. The van der Waals surface area contributed by atoms with Gasteiger partial charge in [-0.15, -0.1) is 0 Å². The molecule has 2 aromatic rings. The molecular formula is C11H9BrFN3O2. The minimum absolute atomic E-state index is 0.171. The SMILES string of the molecule is O=C(COc1ccc(F)cc1Br)Nc1cn[nH]c1. The number of amides is 1. The third-order valence-corrected chi connectivity index (χ3v) is 2.65. The summed E-state index contributed by atoms with van der Waals surface area (Å²) in [5.74, 6) is -0.302. The number of hydrogen-bond donors (Lipinski definition) is 2. The van der Waals surface area contributed by atoms with Crippen molar-refractivity contribution in [1.82, 2.24) is 10.2 Å². The Labute approximate surface area is 110 Å². The molecule has 0 saturated carbocycles. The highest BCUT2D eigenvalue weighted by Crippen LogP contribution is 2.25. The number of benzene rings is 1. The van der Waals surface area contributed by atoms with Crippen molar-refractivity contribution < 1.29 is 13.9 Å². The van der Waals surface area contributed by atoms with Crippen molar-refractivity contribution in [1.29, 1.82) is 0 Å². The van der Waals surface area contributed by atoms with Crippen molar-refractivity contribution in [3.8, 4) is 5.75 Å². The molecule has 94 valence electrons. The first-order chi connectivity index (χ1) is 8.65. The molecule has 0 aliphatic rings. The van der Waals surface area contributed by atoms with E-state index in [1.807, 2.05) is 0 Å². The van der Waals surface area contributed by atoms with E-state index in [0.29, 0.717) is 15.9 Å². The fourth-order valence-corrected chi connectivity index (χ4v) is 1.72. The molecule has 0 fully saturated rings. The number of hydrogen-bond acceptors (Lipinski definition) is 3. The number of carbonyl (C=O) groups excluding carboxylic acids is 1. The van der Waals surface area contributed by atoms with Crippen LogP contribution in [0.1, 0.15) is 0 Å². The van der Waals surface area contributed by atoms with E-state index in [1.165, 1.54) is 24.4 Å². The largest absolute Gasteiger partial charge is 0.483 e. The van der Waals surface area contributed by atoms with E-state index in [0.717, 1.165) is 0 Å². The normalized spacial score (nSPS) is 10.1. The number of halogens is 2. The molecule has 0 atom stereocenters. The van der Waals surface area contributed by atoms with Gasteiger partial charge in [-0.2, -0.15) is 5.10 Å². The Hall–Kier alpha value is -1.89. The molecule has 0 aliphatic carbocycles. The molecule has 0 spiro atoms. The second-order valence-corrected chi connectivity index (χ2v) is 4.25. The predicted octanol–water partition coefficient (Wildman–Crippen LogP) is 2.33. The average molecular weight is 314 g/mol. The van der Waals surface area contributed by atoms with Crippen LogP contribution in [0.2, 0.25) is 0 Å². The first kappa shape index (κ1) is 12.6. The van der Waals surface area contributed by atoms with E-state index in [1.54, 1.807) is 6.20 Å². The molecule has 0 unspecified atom stereocenters. The molecule has 1 amide bonds. The van der Waals surface area contributed by atoms with Crippen molar-refractivity contribution in [2.75, 3.05) is 11.9 Å². The molecule has 2 rings (SSSR count). The summed E-state index contributed by atoms with van der Waals surface area (Å²) in [6.07, 6.45) is 3.03. The summed E-state index contributed by atoms with van der Waals surface area (Å²) < 4.78 is 18.5. The summed E-state index contributed by atoms with van der Waals surface area (Å²) in [4.78, 5) is 11.5. The van der Waals surface area contributed by atoms with Crippen LogP contribution < -0.4 is 10.1 Å². The third kappa shape index (κ3) is 3.30. The van der Waals surface area contributed by atoms with Crippen LogP contribution in [0.3, 0.4) is 0 Å². The zero-order valence-corrected chi connectivity index (χ0v) is 10.7. The Morgan fingerprint density at radius 1 is 1.56 bits per heavy atom. The summed E-state index contributed by atoms with van der Waals surface area (Å²) in [7, 11) is 0. The smallest absolute Gasteiger partial charge is 0.262 e. The summed E-state index contributed by atoms with van der Waals surface area (Å²) >= 11 is 3.15. The lowest BCUT2D eigenvalue weighted by molar-refractivity contribution is -0.118. The summed E-state index contributed by atoms with van der Waals surface area (Å²) in [5.41, 5.74) is 0.557. The minimum atomic E-state index is -0.378. The van der Waals surface area contributed by atoms with E-state index >= 15 is 0 Å². The van der Waals surface area contributed by atoms with Crippen LogP contribution in [-0.4, -0.2) is 22.7 Å². The Kier molecular flexibility index (Phi) is 3.93. The molecular weight excluding hydrogens is 305 g/mol. The molecule has 18 heavy (non-hydrogen) atoms. The molecule has 7 heteroatoms. The minimum Gasteiger partial charge on any atom is -0.483 e. The van der Waals surface area contributed by atoms with Crippen LogP contribution in [0, 0.1) is 5.82 Å². The van der Waals surface area contributed by atoms with Gasteiger partial charge in [-0.25, -0.2) is 4.39 Å². The molecule has 2 N–H and O–H groups in total. The molecule has 1 aromatic carbocycles. The van der Waals surface area contributed by atoms with Gasteiger partial charge in [-0.1, -0.05) is 0 Å². The van der Waals surface area contributed by atoms with Gasteiger partial charge >= 0.3 is 0 Å². The number of rotatable bonds is 4. The quantitative estimate of drug-likeness (QED) is 0.910. The van der Waals surface area contributed by atoms with E-state index in [-0.39, 0.29) is 18.3 Å². The lowest BCUT2D eigenvalue weighted by Gasteiger charge is -2.07.